The molecule has 0 unspecified atom stereocenters. The van der Waals surface area contributed by atoms with Crippen molar-refractivity contribution >= 4 is 12.0 Å². The topological polar surface area (TPSA) is 108 Å². The monoisotopic (exact) mass is 353 g/mol. The Morgan fingerprint density at radius 3 is 2.65 bits per heavy atom. The van der Waals surface area contributed by atoms with Gasteiger partial charge in [0.1, 0.15) is 5.82 Å². The number of aliphatic imine (C=N–C) groups is 1. The number of carbonyl (C=O) groups is 1. The molecule has 1 aliphatic heterocycles. The van der Waals surface area contributed by atoms with Crippen LogP contribution in [0.2, 0.25) is 0 Å². The maximum absolute atomic E-state index is 14.4. The molecule has 0 atom stereocenters. The van der Waals surface area contributed by atoms with Crippen LogP contribution < -0.4 is 11.5 Å². The van der Waals surface area contributed by atoms with E-state index in [4.69, 9.17) is 16.7 Å². The van der Waals surface area contributed by atoms with E-state index in [2.05, 4.69) is 4.99 Å². The first-order valence-electron chi connectivity index (χ1n) is 7.69. The summed E-state index contributed by atoms with van der Waals surface area (Å²) in [6, 6.07) is 11.4. The molecule has 0 bridgehead atoms. The van der Waals surface area contributed by atoms with E-state index < -0.39 is 11.8 Å². The van der Waals surface area contributed by atoms with Crippen molar-refractivity contribution in [2.45, 2.75) is 20.4 Å². The highest BCUT2D eigenvalue weighted by Crippen LogP contribution is 2.32. The van der Waals surface area contributed by atoms with Crippen LogP contribution in [-0.2, 0) is 13.0 Å². The normalized spacial score (nSPS) is 12.4. The second-order valence-corrected chi connectivity index (χ2v) is 5.74. The molecule has 0 spiro atoms. The molecule has 134 valence electrons. The summed E-state index contributed by atoms with van der Waals surface area (Å²) in [4.78, 5) is 17.2. The fourth-order valence-corrected chi connectivity index (χ4v) is 2.98. The van der Waals surface area contributed by atoms with Gasteiger partial charge >= 0.3 is 6.03 Å². The third-order valence-electron chi connectivity index (χ3n) is 4.16. The van der Waals surface area contributed by atoms with Crippen molar-refractivity contribution in [2.75, 3.05) is 6.54 Å². The van der Waals surface area contributed by atoms with Crippen LogP contribution in [0, 0.1) is 17.1 Å². The van der Waals surface area contributed by atoms with Gasteiger partial charge in [0.25, 0.3) is 0 Å². The maximum Gasteiger partial charge on any atom is 0.347 e. The summed E-state index contributed by atoms with van der Waals surface area (Å²) >= 11 is 0. The van der Waals surface area contributed by atoms with Crippen LogP contribution in [0.15, 0.2) is 41.4 Å². The van der Waals surface area contributed by atoms with Gasteiger partial charge in [0.2, 0.25) is 0 Å². The van der Waals surface area contributed by atoms with Crippen molar-refractivity contribution in [3.05, 3.63) is 58.9 Å². The number of hydrogen-bond donors (Lipinski definition) is 2. The number of urea groups is 1. The number of benzene rings is 2. The van der Waals surface area contributed by atoms with Gasteiger partial charge in [-0.25, -0.2) is 9.18 Å². The second kappa shape index (κ2) is 7.66. The van der Waals surface area contributed by atoms with Gasteiger partial charge in [-0.1, -0.05) is 31.7 Å². The summed E-state index contributed by atoms with van der Waals surface area (Å²) in [6.45, 7) is 0.780. The van der Waals surface area contributed by atoms with Gasteiger partial charge in [0, 0.05) is 18.7 Å². The number of amides is 2. The zero-order chi connectivity index (χ0) is 18.0. The summed E-state index contributed by atoms with van der Waals surface area (Å²) in [5.74, 6) is -0.762. The van der Waals surface area contributed by atoms with Crippen molar-refractivity contribution in [2.24, 2.45) is 16.5 Å². The summed E-state index contributed by atoms with van der Waals surface area (Å²) in [6.07, 6.45) is 0.632. The van der Waals surface area contributed by atoms with Crippen LogP contribution in [0.4, 0.5) is 9.18 Å². The van der Waals surface area contributed by atoms with Gasteiger partial charge in [-0.3, -0.25) is 0 Å². The van der Waals surface area contributed by atoms with Crippen LogP contribution >= 0.6 is 0 Å². The van der Waals surface area contributed by atoms with Crippen LogP contribution in [0.3, 0.4) is 0 Å². The fourth-order valence-electron chi connectivity index (χ4n) is 2.98. The Labute approximate surface area is 151 Å². The fraction of sp³-hybridized carbons (Fsp3) is 0.211. The first-order chi connectivity index (χ1) is 12.0. The summed E-state index contributed by atoms with van der Waals surface area (Å²) < 4.78 is 14.4. The lowest BCUT2D eigenvalue weighted by Crippen LogP contribution is -2.36. The summed E-state index contributed by atoms with van der Waals surface area (Å²) in [5, 5.41) is 8.89. The Morgan fingerprint density at radius 2 is 2.00 bits per heavy atom. The van der Waals surface area contributed by atoms with Gasteiger partial charge in [-0.15, -0.1) is 0 Å². The zero-order valence-electron chi connectivity index (χ0n) is 13.4. The smallest absolute Gasteiger partial charge is 0.347 e. The first-order valence-corrected chi connectivity index (χ1v) is 7.69. The van der Waals surface area contributed by atoms with E-state index in [1.807, 2.05) is 18.2 Å². The number of rotatable bonds is 1. The van der Waals surface area contributed by atoms with Crippen molar-refractivity contribution < 1.29 is 9.18 Å². The molecule has 4 N–H and O–H groups in total. The zero-order valence-corrected chi connectivity index (χ0v) is 13.4. The average Bonchev–Trinajstić information content (AvgIpc) is 2.60. The van der Waals surface area contributed by atoms with Gasteiger partial charge in [0.05, 0.1) is 11.6 Å². The molecule has 0 saturated heterocycles. The van der Waals surface area contributed by atoms with Crippen LogP contribution in [0.1, 0.15) is 24.1 Å². The summed E-state index contributed by atoms with van der Waals surface area (Å²) in [5.41, 5.74) is 13.8. The minimum absolute atomic E-state index is 0. The number of guanidine groups is 1. The van der Waals surface area contributed by atoms with E-state index in [0.717, 1.165) is 11.1 Å². The number of hydrogen-bond acceptors (Lipinski definition) is 2. The third-order valence-corrected chi connectivity index (χ3v) is 4.16. The minimum Gasteiger partial charge on any atom is -0.370 e. The molecule has 0 radical (unpaired) electrons. The molecule has 2 aromatic carbocycles. The number of halogens is 1. The SMILES string of the molecule is C.N#Cc1ccc(-c2cccc3c2CN(C(=O)N=C(N)N)CC3)c(F)c1. The number of carbonyl (C=O) groups excluding carboxylic acids is 1. The highest BCUT2D eigenvalue weighted by molar-refractivity contribution is 5.90. The van der Waals surface area contributed by atoms with Gasteiger partial charge < -0.3 is 16.4 Å². The Kier molecular flexibility index (Phi) is 5.58. The van der Waals surface area contributed by atoms with Crippen LogP contribution in [-0.4, -0.2) is 23.4 Å². The predicted octanol–water partition coefficient (Wildman–Crippen LogP) is 2.75. The van der Waals surface area contributed by atoms with E-state index in [9.17, 15) is 9.18 Å². The molecule has 7 heteroatoms. The average molecular weight is 353 g/mol. The Balaban J connectivity index is 0.00000243. The van der Waals surface area contributed by atoms with Crippen LogP contribution in [0.25, 0.3) is 11.1 Å². The predicted molar refractivity (Wildman–Crippen MR) is 98.6 cm³/mol. The van der Waals surface area contributed by atoms with E-state index in [-0.39, 0.29) is 18.9 Å². The van der Waals surface area contributed by atoms with Crippen LogP contribution in [0.5, 0.6) is 0 Å². The molecule has 2 amide bonds. The highest BCUT2D eigenvalue weighted by atomic mass is 19.1. The molecule has 0 saturated carbocycles. The van der Waals surface area contributed by atoms with Crippen molar-refractivity contribution in [1.29, 1.82) is 5.26 Å². The van der Waals surface area contributed by atoms with Gasteiger partial charge in [-0.2, -0.15) is 10.3 Å². The Hall–Kier alpha value is -3.40. The molecule has 3 rings (SSSR count). The minimum atomic E-state index is -0.513. The largest absolute Gasteiger partial charge is 0.370 e. The molecule has 1 heterocycles. The van der Waals surface area contributed by atoms with Gasteiger partial charge in [0.15, 0.2) is 5.96 Å². The van der Waals surface area contributed by atoms with E-state index >= 15 is 0 Å². The lowest BCUT2D eigenvalue weighted by atomic mass is 9.90. The quantitative estimate of drug-likeness (QED) is 0.607. The first kappa shape index (κ1) is 18.9. The van der Waals surface area contributed by atoms with E-state index in [1.165, 1.54) is 11.0 Å². The maximum atomic E-state index is 14.4. The van der Waals surface area contributed by atoms with E-state index in [0.29, 0.717) is 30.6 Å². The molecule has 2 aromatic rings. The molecular formula is C19H20FN5O. The molecule has 0 aromatic heterocycles. The van der Waals surface area contributed by atoms with E-state index in [1.54, 1.807) is 18.2 Å². The lowest BCUT2D eigenvalue weighted by Gasteiger charge is -2.29. The van der Waals surface area contributed by atoms with Crippen molar-refractivity contribution in [3.63, 3.8) is 0 Å². The molecule has 0 fully saturated rings. The molecule has 26 heavy (non-hydrogen) atoms. The standard InChI is InChI=1S/C18H16FN5O.CH4/c19-16-8-11(9-20)4-5-14(16)13-3-1-2-12-6-7-24(10-15(12)13)18(25)23-17(21)22;/h1-5,8H,6-7,10H2,(H4,21,22,23,25);1H4. The molecular weight excluding hydrogens is 333 g/mol. The Morgan fingerprint density at radius 1 is 1.23 bits per heavy atom. The molecule has 0 aliphatic carbocycles. The highest BCUT2D eigenvalue weighted by Gasteiger charge is 2.24. The number of nitrogens with zero attached hydrogens (tertiary/aromatic N) is 3. The van der Waals surface area contributed by atoms with Gasteiger partial charge in [-0.05, 0) is 35.2 Å². The van der Waals surface area contributed by atoms with Crippen molar-refractivity contribution in [3.8, 4) is 17.2 Å². The lowest BCUT2D eigenvalue weighted by molar-refractivity contribution is 0.203. The summed E-state index contributed by atoms with van der Waals surface area (Å²) in [7, 11) is 0. The number of nitrogens with two attached hydrogens (primary N) is 2. The Bertz CT molecular complexity index is 913. The second-order valence-electron chi connectivity index (χ2n) is 5.74. The third kappa shape index (κ3) is 3.64. The number of fused-ring (bicyclic) bond motifs is 1. The molecule has 1 aliphatic rings. The number of nitriles is 1. The van der Waals surface area contributed by atoms with Crippen molar-refractivity contribution in [1.82, 2.24) is 4.90 Å². The molecule has 6 nitrogen and oxygen atoms in total.